The molecule has 0 atom stereocenters. The van der Waals surface area contributed by atoms with Gasteiger partial charge in [-0.2, -0.15) is 13.2 Å². The predicted octanol–water partition coefficient (Wildman–Crippen LogP) is 6.23. The Morgan fingerprint density at radius 2 is 1.68 bits per heavy atom. The Morgan fingerprint density at radius 1 is 1.04 bits per heavy atom. The van der Waals surface area contributed by atoms with Crippen molar-refractivity contribution in [3.63, 3.8) is 0 Å². The van der Waals surface area contributed by atoms with Crippen LogP contribution in [0.1, 0.15) is 25.2 Å². The second-order valence-corrected chi connectivity index (χ2v) is 7.99. The normalized spacial score (nSPS) is 12.3. The first-order chi connectivity index (χ1) is 13.0. The molecule has 1 heterocycles. The molecule has 3 rings (SSSR count). The first-order valence-corrected chi connectivity index (χ1v) is 9.38. The smallest absolute Gasteiger partial charge is 0.416 e. The third kappa shape index (κ3) is 4.17. The molecule has 0 N–H and O–H groups in total. The lowest BCUT2D eigenvalue weighted by Crippen LogP contribution is -2.29. The molecule has 0 aliphatic carbocycles. The zero-order valence-electron chi connectivity index (χ0n) is 15.2. The average molecular weight is 475 g/mol. The van der Waals surface area contributed by atoms with E-state index >= 15 is 0 Å². The molecule has 0 saturated carbocycles. The first-order valence-electron chi connectivity index (χ1n) is 8.20. The molecule has 0 radical (unpaired) electrons. The number of benzene rings is 2. The Hall–Kier alpha value is -2.06. The van der Waals surface area contributed by atoms with Gasteiger partial charge in [0.2, 0.25) is 0 Å². The van der Waals surface area contributed by atoms with Crippen molar-refractivity contribution in [3.8, 4) is 17.1 Å². The van der Waals surface area contributed by atoms with Crippen molar-refractivity contribution in [3.05, 3.63) is 63.3 Å². The Balaban J connectivity index is 1.89. The molecule has 0 aliphatic rings. The standard InChI is InChI=1S/C19H16BrClF3N3O/c1-18(2,28-13-7-4-11(5-8-13)19(22,23)24)17-26-25-16(27(17)3)14-9-6-12(20)10-15(14)21/h4-10H,1-3H3. The molecule has 0 fully saturated rings. The summed E-state index contributed by atoms with van der Waals surface area (Å²) in [7, 11) is 1.78. The number of hydrogen-bond acceptors (Lipinski definition) is 3. The van der Waals surface area contributed by atoms with Crippen molar-refractivity contribution in [1.29, 1.82) is 0 Å². The van der Waals surface area contributed by atoms with Crippen molar-refractivity contribution < 1.29 is 17.9 Å². The van der Waals surface area contributed by atoms with Gasteiger partial charge in [0, 0.05) is 17.1 Å². The fourth-order valence-corrected chi connectivity index (χ4v) is 3.57. The van der Waals surface area contributed by atoms with Gasteiger partial charge in [0.15, 0.2) is 17.2 Å². The van der Waals surface area contributed by atoms with E-state index < -0.39 is 17.3 Å². The van der Waals surface area contributed by atoms with E-state index in [1.54, 1.807) is 31.5 Å². The summed E-state index contributed by atoms with van der Waals surface area (Å²) in [5.41, 5.74) is -0.971. The van der Waals surface area contributed by atoms with Gasteiger partial charge in [0.05, 0.1) is 10.6 Å². The fraction of sp³-hybridized carbons (Fsp3) is 0.263. The second kappa shape index (κ2) is 7.40. The molecule has 0 spiro atoms. The minimum atomic E-state index is -4.39. The molecule has 2 aromatic carbocycles. The lowest BCUT2D eigenvalue weighted by molar-refractivity contribution is -0.137. The van der Waals surface area contributed by atoms with Crippen LogP contribution >= 0.6 is 27.5 Å². The van der Waals surface area contributed by atoms with Crippen LogP contribution in [-0.2, 0) is 18.8 Å². The number of ether oxygens (including phenoxy) is 1. The molecule has 0 saturated heterocycles. The van der Waals surface area contributed by atoms with Crippen LogP contribution in [0.5, 0.6) is 5.75 Å². The molecular formula is C19H16BrClF3N3O. The maximum atomic E-state index is 12.7. The molecule has 0 amide bonds. The molecule has 0 aliphatic heterocycles. The summed E-state index contributed by atoms with van der Waals surface area (Å²) in [5, 5.41) is 8.95. The highest BCUT2D eigenvalue weighted by Gasteiger charge is 2.32. The third-order valence-corrected chi connectivity index (χ3v) is 4.95. The largest absolute Gasteiger partial charge is 0.480 e. The van der Waals surface area contributed by atoms with E-state index in [1.807, 2.05) is 12.1 Å². The van der Waals surface area contributed by atoms with Crippen LogP contribution < -0.4 is 4.74 Å². The lowest BCUT2D eigenvalue weighted by Gasteiger charge is -2.25. The number of halogens is 5. The van der Waals surface area contributed by atoms with Crippen LogP contribution in [0.2, 0.25) is 5.02 Å². The predicted molar refractivity (Wildman–Crippen MR) is 104 cm³/mol. The fourth-order valence-electron chi connectivity index (χ4n) is 2.81. The Kier molecular flexibility index (Phi) is 5.46. The van der Waals surface area contributed by atoms with Gasteiger partial charge >= 0.3 is 6.18 Å². The van der Waals surface area contributed by atoms with E-state index in [4.69, 9.17) is 16.3 Å². The van der Waals surface area contributed by atoms with Crippen LogP contribution in [0.25, 0.3) is 11.4 Å². The highest BCUT2D eigenvalue weighted by molar-refractivity contribution is 9.10. The first kappa shape index (κ1) is 20.7. The molecule has 4 nitrogen and oxygen atoms in total. The number of aromatic nitrogens is 3. The van der Waals surface area contributed by atoms with E-state index in [0.717, 1.165) is 16.6 Å². The highest BCUT2D eigenvalue weighted by Crippen LogP contribution is 2.34. The summed E-state index contributed by atoms with van der Waals surface area (Å²) in [6, 6.07) is 9.96. The van der Waals surface area contributed by atoms with Crippen LogP contribution in [0.3, 0.4) is 0 Å². The summed E-state index contributed by atoms with van der Waals surface area (Å²) < 4.78 is 46.7. The van der Waals surface area contributed by atoms with Crippen molar-refractivity contribution in [1.82, 2.24) is 14.8 Å². The van der Waals surface area contributed by atoms with E-state index in [-0.39, 0.29) is 0 Å². The van der Waals surface area contributed by atoms with Crippen LogP contribution in [0, 0.1) is 0 Å². The monoisotopic (exact) mass is 473 g/mol. The minimum absolute atomic E-state index is 0.296. The number of nitrogens with zero attached hydrogens (tertiary/aromatic N) is 3. The Bertz CT molecular complexity index is 1000. The second-order valence-electron chi connectivity index (χ2n) is 6.66. The van der Waals surface area contributed by atoms with Gasteiger partial charge in [-0.15, -0.1) is 10.2 Å². The lowest BCUT2D eigenvalue weighted by atomic mass is 10.1. The van der Waals surface area contributed by atoms with Crippen molar-refractivity contribution in [2.45, 2.75) is 25.6 Å². The summed E-state index contributed by atoms with van der Waals surface area (Å²) in [5.74, 6) is 1.35. The van der Waals surface area contributed by atoms with Gasteiger partial charge in [-0.25, -0.2) is 0 Å². The van der Waals surface area contributed by atoms with Gasteiger partial charge in [-0.3, -0.25) is 0 Å². The van der Waals surface area contributed by atoms with E-state index in [2.05, 4.69) is 26.1 Å². The van der Waals surface area contributed by atoms with Gasteiger partial charge in [0.1, 0.15) is 5.75 Å². The van der Waals surface area contributed by atoms with Gasteiger partial charge < -0.3 is 9.30 Å². The van der Waals surface area contributed by atoms with Gasteiger partial charge in [0.25, 0.3) is 0 Å². The minimum Gasteiger partial charge on any atom is -0.480 e. The SMILES string of the molecule is Cn1c(-c2ccc(Br)cc2Cl)nnc1C(C)(C)Oc1ccc(C(F)(F)F)cc1. The maximum absolute atomic E-state index is 12.7. The van der Waals surface area contributed by atoms with Crippen molar-refractivity contribution in [2.75, 3.05) is 0 Å². The zero-order valence-corrected chi connectivity index (χ0v) is 17.5. The third-order valence-electron chi connectivity index (χ3n) is 4.14. The van der Waals surface area contributed by atoms with Crippen LogP contribution in [-0.4, -0.2) is 14.8 Å². The molecule has 28 heavy (non-hydrogen) atoms. The average Bonchev–Trinajstić information content (AvgIpc) is 2.96. The zero-order chi connectivity index (χ0) is 20.7. The number of rotatable bonds is 4. The molecule has 3 aromatic rings. The molecular weight excluding hydrogens is 459 g/mol. The summed E-state index contributed by atoms with van der Waals surface area (Å²) in [6.07, 6.45) is -4.39. The van der Waals surface area contributed by atoms with Gasteiger partial charge in [-0.1, -0.05) is 27.5 Å². The molecule has 0 bridgehead atoms. The number of hydrogen-bond donors (Lipinski definition) is 0. The Morgan fingerprint density at radius 3 is 2.25 bits per heavy atom. The molecule has 148 valence electrons. The maximum Gasteiger partial charge on any atom is 0.416 e. The van der Waals surface area contributed by atoms with E-state index in [1.165, 1.54) is 12.1 Å². The summed E-state index contributed by atoms with van der Waals surface area (Å²) in [4.78, 5) is 0. The molecule has 1 aromatic heterocycles. The van der Waals surface area contributed by atoms with Crippen LogP contribution in [0.4, 0.5) is 13.2 Å². The van der Waals surface area contributed by atoms with E-state index in [0.29, 0.717) is 28.0 Å². The quantitative estimate of drug-likeness (QED) is 0.450. The highest BCUT2D eigenvalue weighted by atomic mass is 79.9. The summed E-state index contributed by atoms with van der Waals surface area (Å²) in [6.45, 7) is 3.53. The number of alkyl halides is 3. The van der Waals surface area contributed by atoms with E-state index in [9.17, 15) is 13.2 Å². The Labute approximate surface area is 173 Å². The van der Waals surface area contributed by atoms with Gasteiger partial charge in [-0.05, 0) is 56.3 Å². The van der Waals surface area contributed by atoms with Crippen molar-refractivity contribution >= 4 is 27.5 Å². The molecule has 0 unspecified atom stereocenters. The summed E-state index contributed by atoms with van der Waals surface area (Å²) >= 11 is 9.67. The van der Waals surface area contributed by atoms with Crippen molar-refractivity contribution in [2.24, 2.45) is 7.05 Å². The van der Waals surface area contributed by atoms with Crippen LogP contribution in [0.15, 0.2) is 46.9 Å². The topological polar surface area (TPSA) is 39.9 Å². The molecule has 9 heteroatoms.